The van der Waals surface area contributed by atoms with E-state index >= 15 is 0 Å². The molecule has 0 aromatic carbocycles. The fourth-order valence-corrected chi connectivity index (χ4v) is 17.8. The topological polar surface area (TPSA) is 225 Å². The molecule has 3 spiro atoms. The molecular formula is C59H84O20. The summed E-state index contributed by atoms with van der Waals surface area (Å²) < 4.78 is 109. The average Bonchev–Trinajstić information content (AvgIpc) is 2.93. The van der Waals surface area contributed by atoms with Gasteiger partial charge >= 0.3 is 5.97 Å². The van der Waals surface area contributed by atoms with E-state index in [0.717, 1.165) is 30.4 Å². The molecule has 0 saturated carbocycles. The van der Waals surface area contributed by atoms with Gasteiger partial charge in [0, 0.05) is 57.5 Å². The van der Waals surface area contributed by atoms with Crippen LogP contribution < -0.4 is 0 Å². The molecule has 12 bridgehead atoms. The number of aliphatic hydroxyl groups excluding tert-OH is 3. The smallest absolute Gasteiger partial charge is 0.308 e. The van der Waals surface area contributed by atoms with Crippen LogP contribution in [0.4, 0.5) is 0 Å². The first-order valence-corrected chi connectivity index (χ1v) is 30.4. The fraction of sp³-hybridized carbons (Fsp3) is 0.915. The van der Waals surface area contributed by atoms with Crippen LogP contribution in [0.3, 0.4) is 0 Å². The van der Waals surface area contributed by atoms with E-state index in [0.29, 0.717) is 70.6 Å². The van der Waals surface area contributed by atoms with Gasteiger partial charge in [0.15, 0.2) is 29.9 Å². The number of carbonyl (C=O) groups is 1. The predicted octanol–water partition coefficient (Wildman–Crippen LogP) is 4.47. The molecule has 440 valence electrons. The van der Waals surface area contributed by atoms with Crippen molar-refractivity contribution in [3.63, 3.8) is 0 Å². The molecule has 16 rings (SSSR count). The van der Waals surface area contributed by atoms with Gasteiger partial charge in [-0.25, -0.2) is 0 Å². The van der Waals surface area contributed by atoms with Crippen LogP contribution in [-0.4, -0.2) is 198 Å². The Bertz CT molecular complexity index is 2380. The van der Waals surface area contributed by atoms with Crippen molar-refractivity contribution in [1.82, 2.24) is 0 Å². The number of rotatable bonds is 3. The Morgan fingerprint density at radius 2 is 1.32 bits per heavy atom. The highest BCUT2D eigenvalue weighted by Gasteiger charge is 2.77. The predicted molar refractivity (Wildman–Crippen MR) is 270 cm³/mol. The van der Waals surface area contributed by atoms with E-state index < -0.39 is 121 Å². The van der Waals surface area contributed by atoms with Crippen LogP contribution in [-0.2, 0) is 80.6 Å². The summed E-state index contributed by atoms with van der Waals surface area (Å²) in [6, 6.07) is 0. The molecule has 0 aromatic rings. The largest absolute Gasteiger partial charge is 0.459 e. The SMILES string of the molecule is C=C1CC2CCC34OC5C6OC(CCC6OC6C5OC(C)(C6O3)C4O)CC(=O)OC3C(CC4OC(CCC1O2)CC(C)C4=C)OC1OC2OC4(CC2OC1C3C)CC1OC2(CC(C)C3OC(C(O)CCO)CC3O2)CC(C)C1O4. The van der Waals surface area contributed by atoms with Crippen LogP contribution in [0.15, 0.2) is 24.3 Å². The quantitative estimate of drug-likeness (QED) is 0.262. The van der Waals surface area contributed by atoms with Crippen LogP contribution in [0.1, 0.15) is 137 Å². The summed E-state index contributed by atoms with van der Waals surface area (Å²) in [5, 5.41) is 32.3. The Hall–Kier alpha value is -1.77. The second-order valence-electron chi connectivity index (χ2n) is 27.2. The van der Waals surface area contributed by atoms with Crippen LogP contribution in [0.5, 0.6) is 0 Å². The molecule has 16 fully saturated rings. The monoisotopic (exact) mass is 1110 g/mol. The van der Waals surface area contributed by atoms with Crippen molar-refractivity contribution in [2.45, 2.75) is 307 Å². The Balaban J connectivity index is 0.668. The molecule has 20 nitrogen and oxygen atoms in total. The van der Waals surface area contributed by atoms with Crippen molar-refractivity contribution in [2.24, 2.45) is 23.7 Å². The summed E-state index contributed by atoms with van der Waals surface area (Å²) in [5.41, 5.74) is 0.983. The first kappa shape index (κ1) is 53.9. The second-order valence-corrected chi connectivity index (χ2v) is 27.2. The molecule has 3 N–H and O–H groups in total. The minimum absolute atomic E-state index is 0.0114. The van der Waals surface area contributed by atoms with E-state index in [4.69, 9.17) is 75.8 Å². The van der Waals surface area contributed by atoms with E-state index in [2.05, 4.69) is 33.9 Å². The number of ether oxygens (including phenoxy) is 16. The molecule has 0 aromatic heterocycles. The normalized spacial score (nSPS) is 58.7. The summed E-state index contributed by atoms with van der Waals surface area (Å²) in [5.74, 6) is -3.67. The average molecular weight is 1110 g/mol. The number of esters is 1. The number of fused-ring (bicyclic) bond motifs is 10. The van der Waals surface area contributed by atoms with E-state index in [1.807, 2.05) is 13.8 Å². The lowest BCUT2D eigenvalue weighted by molar-refractivity contribution is -0.392. The maximum absolute atomic E-state index is 14.6. The Morgan fingerprint density at radius 1 is 0.582 bits per heavy atom. The van der Waals surface area contributed by atoms with Crippen molar-refractivity contribution in [1.29, 1.82) is 0 Å². The Morgan fingerprint density at radius 3 is 2.15 bits per heavy atom. The highest BCUT2D eigenvalue weighted by atomic mass is 16.9. The highest BCUT2D eigenvalue weighted by molar-refractivity contribution is 5.70. The van der Waals surface area contributed by atoms with Crippen LogP contribution in [0.25, 0.3) is 0 Å². The van der Waals surface area contributed by atoms with E-state index in [-0.39, 0.29) is 98.1 Å². The Labute approximate surface area is 462 Å². The van der Waals surface area contributed by atoms with Gasteiger partial charge in [0.05, 0.1) is 79.7 Å². The lowest BCUT2D eigenvalue weighted by atomic mass is 9.80. The first-order valence-electron chi connectivity index (χ1n) is 30.4. The van der Waals surface area contributed by atoms with Gasteiger partial charge in [-0.3, -0.25) is 4.79 Å². The molecule has 16 aliphatic heterocycles. The van der Waals surface area contributed by atoms with Gasteiger partial charge in [0.2, 0.25) is 0 Å². The van der Waals surface area contributed by atoms with Crippen LogP contribution >= 0.6 is 0 Å². The van der Waals surface area contributed by atoms with Crippen LogP contribution in [0, 0.1) is 23.7 Å². The molecule has 16 saturated heterocycles. The van der Waals surface area contributed by atoms with Crippen molar-refractivity contribution >= 4 is 5.97 Å². The minimum atomic E-state index is -1.36. The summed E-state index contributed by atoms with van der Waals surface area (Å²) in [4.78, 5) is 14.6. The lowest BCUT2D eigenvalue weighted by Gasteiger charge is -2.50. The number of hydrogen-bond acceptors (Lipinski definition) is 20. The molecule has 0 radical (unpaired) electrons. The second kappa shape index (κ2) is 19.6. The van der Waals surface area contributed by atoms with Gasteiger partial charge < -0.3 is 91.1 Å². The van der Waals surface area contributed by atoms with Crippen molar-refractivity contribution in [3.8, 4) is 0 Å². The lowest BCUT2D eigenvalue weighted by Crippen LogP contribution is -2.63. The van der Waals surface area contributed by atoms with E-state index in [9.17, 15) is 20.1 Å². The number of carbonyl (C=O) groups excluding carboxylic acids is 1. The molecule has 16 aliphatic rings. The summed E-state index contributed by atoms with van der Waals surface area (Å²) in [6.45, 7) is 19.4. The van der Waals surface area contributed by atoms with Gasteiger partial charge in [-0.05, 0) is 87.2 Å². The maximum atomic E-state index is 14.6. The number of aliphatic hydroxyl groups is 3. The molecule has 16 heterocycles. The summed E-state index contributed by atoms with van der Waals surface area (Å²) >= 11 is 0. The standard InChI is InChI=1S/C59H84O20/c1-25-16-31-8-10-35-26(2)17-33(64-35)12-14-59-55(63)56(7)52(78-59)51-50(75-56)49(77-59)48-36(67-51)11-9-32(66-48)18-43(62)71-46-30(6)47-54(70-39(46)19-37(65-31)29(25)5)72-53-42(69-47)24-58(79-53)23-41-45(76-58)28(4)22-57(74-41)21-27(3)44-40(73-57)20-38(68-44)34(61)13-15-60/h25,27-28,30-42,44-55,60-61,63H,2,5,8-24H2,1,3-4,6-7H3. The molecule has 0 aliphatic carbocycles. The third-order valence-corrected chi connectivity index (χ3v) is 21.8. The molecule has 0 amide bonds. The zero-order valence-corrected chi connectivity index (χ0v) is 46.4. The third-order valence-electron chi connectivity index (χ3n) is 21.8. The maximum Gasteiger partial charge on any atom is 0.308 e. The zero-order valence-electron chi connectivity index (χ0n) is 46.4. The molecule has 79 heavy (non-hydrogen) atoms. The van der Waals surface area contributed by atoms with Gasteiger partial charge in [-0.1, -0.05) is 40.9 Å². The van der Waals surface area contributed by atoms with Gasteiger partial charge in [-0.2, -0.15) is 0 Å². The zero-order chi connectivity index (χ0) is 54.2. The van der Waals surface area contributed by atoms with Crippen molar-refractivity contribution < 1.29 is 95.9 Å². The third kappa shape index (κ3) is 8.82. The molecular weight excluding hydrogens is 1030 g/mol. The fourth-order valence-electron chi connectivity index (χ4n) is 17.8. The van der Waals surface area contributed by atoms with Gasteiger partial charge in [0.25, 0.3) is 0 Å². The van der Waals surface area contributed by atoms with Crippen molar-refractivity contribution in [2.75, 3.05) is 6.61 Å². The first-order chi connectivity index (χ1) is 37.9. The Kier molecular flexibility index (Phi) is 13.4. The number of hydrogen-bond donors (Lipinski definition) is 3. The molecule has 20 heteroatoms. The molecule has 32 unspecified atom stereocenters. The highest BCUT2D eigenvalue weighted by Crippen LogP contribution is 2.60. The van der Waals surface area contributed by atoms with Gasteiger partial charge in [0.1, 0.15) is 66.6 Å². The summed E-state index contributed by atoms with van der Waals surface area (Å²) in [6.07, 6.45) is -3.11. The summed E-state index contributed by atoms with van der Waals surface area (Å²) in [7, 11) is 0. The van der Waals surface area contributed by atoms with Gasteiger partial charge in [-0.15, -0.1) is 0 Å². The minimum Gasteiger partial charge on any atom is -0.459 e. The van der Waals surface area contributed by atoms with Crippen molar-refractivity contribution in [3.05, 3.63) is 24.3 Å². The molecule has 32 atom stereocenters. The van der Waals surface area contributed by atoms with E-state index in [1.54, 1.807) is 0 Å². The van der Waals surface area contributed by atoms with Crippen LogP contribution in [0.2, 0.25) is 0 Å². The van der Waals surface area contributed by atoms with E-state index in [1.165, 1.54) is 0 Å².